The van der Waals surface area contributed by atoms with Gasteiger partial charge >= 0.3 is 0 Å². The Morgan fingerprint density at radius 2 is 1.77 bits per heavy atom. The van der Waals surface area contributed by atoms with Crippen LogP contribution in [0.2, 0.25) is 0 Å². The van der Waals surface area contributed by atoms with E-state index in [1.165, 1.54) is 0 Å². The van der Waals surface area contributed by atoms with E-state index in [1.54, 1.807) is 13.8 Å². The normalized spacial score (nSPS) is 37.7. The first-order valence-corrected chi connectivity index (χ1v) is 5.09. The molecule has 1 aliphatic heterocycles. The predicted octanol–water partition coefficient (Wildman–Crippen LogP) is 1.93. The zero-order chi connectivity index (χ0) is 10.5. The summed E-state index contributed by atoms with van der Waals surface area (Å²) < 4.78 is -0.717. The van der Waals surface area contributed by atoms with Gasteiger partial charge in [-0.15, -0.1) is 10.3 Å². The number of halogens is 1. The molecule has 0 N–H and O–H groups in total. The average molecular weight is 249 g/mol. The van der Waals surface area contributed by atoms with Gasteiger partial charge in [0, 0.05) is 5.54 Å². The summed E-state index contributed by atoms with van der Waals surface area (Å²) in [6.45, 7) is 7.29. The average Bonchev–Trinajstić information content (AvgIpc) is 2.11. The number of alkyl halides is 1. The van der Waals surface area contributed by atoms with Crippen LogP contribution in [-0.2, 0) is 10.0 Å². The van der Waals surface area contributed by atoms with Crippen molar-refractivity contribution in [3.05, 3.63) is 0 Å². The first-order chi connectivity index (χ1) is 5.67. The highest BCUT2D eigenvalue weighted by Gasteiger charge is 2.61. The predicted molar refractivity (Wildman–Crippen MR) is 53.0 cm³/mol. The lowest BCUT2D eigenvalue weighted by atomic mass is 9.88. The maximum absolute atomic E-state index is 11.9. The number of hydrogen-bond acceptors (Lipinski definition) is 2. The van der Waals surface area contributed by atoms with Gasteiger partial charge in [-0.25, -0.2) is 0 Å². The van der Waals surface area contributed by atoms with E-state index in [-0.39, 0.29) is 0 Å². The van der Waals surface area contributed by atoms with E-state index in [9.17, 15) is 10.0 Å². The Bertz CT molecular complexity index is 240. The standard InChI is InChI=1S/C9H15BrNO2/c1-7(2)5-9(10,6-12)8(3,4)11(7)13/h6H,5H2,1-4H3. The molecule has 4 heteroatoms. The SMILES string of the molecule is CC1(C)CC(Br)(C=O)C(C)(C)N1[O]. The van der Waals surface area contributed by atoms with Crippen molar-refractivity contribution in [3.8, 4) is 0 Å². The summed E-state index contributed by atoms with van der Waals surface area (Å²) in [5.74, 6) is 0. The van der Waals surface area contributed by atoms with E-state index >= 15 is 0 Å². The molecule has 0 aromatic carbocycles. The lowest BCUT2D eigenvalue weighted by Crippen LogP contribution is -2.51. The van der Waals surface area contributed by atoms with Gasteiger partial charge in [-0.2, -0.15) is 0 Å². The van der Waals surface area contributed by atoms with Gasteiger partial charge in [0.15, 0.2) is 0 Å². The van der Waals surface area contributed by atoms with E-state index in [0.717, 1.165) is 11.3 Å². The van der Waals surface area contributed by atoms with Crippen molar-refractivity contribution in [3.63, 3.8) is 0 Å². The summed E-state index contributed by atoms with van der Waals surface area (Å²) in [7, 11) is 0. The zero-order valence-electron chi connectivity index (χ0n) is 8.43. The number of hydrogen-bond donors (Lipinski definition) is 0. The van der Waals surface area contributed by atoms with Crippen molar-refractivity contribution in [2.24, 2.45) is 0 Å². The second-order valence-corrected chi connectivity index (χ2v) is 6.24. The molecule has 0 aromatic rings. The van der Waals surface area contributed by atoms with Gasteiger partial charge in [-0.3, -0.25) is 0 Å². The van der Waals surface area contributed by atoms with Crippen LogP contribution in [0.3, 0.4) is 0 Å². The highest BCUT2D eigenvalue weighted by molar-refractivity contribution is 9.10. The van der Waals surface area contributed by atoms with Crippen LogP contribution in [-0.4, -0.2) is 26.8 Å². The number of carbonyl (C=O) groups is 1. The summed E-state index contributed by atoms with van der Waals surface area (Å²) in [6, 6.07) is 0. The molecule has 1 heterocycles. The molecule has 0 aromatic heterocycles. The number of nitrogens with zero attached hydrogens (tertiary/aromatic N) is 1. The first kappa shape index (κ1) is 11.1. The summed E-state index contributed by atoms with van der Waals surface area (Å²) in [5, 5.41) is 12.9. The third-order valence-corrected chi connectivity index (χ3v) is 4.39. The summed E-state index contributed by atoms with van der Waals surface area (Å²) >= 11 is 3.37. The molecule has 75 valence electrons. The second kappa shape index (κ2) is 2.78. The Morgan fingerprint density at radius 1 is 1.31 bits per heavy atom. The number of carbonyl (C=O) groups excluding carboxylic acids is 1. The molecule has 0 aliphatic carbocycles. The monoisotopic (exact) mass is 248 g/mol. The van der Waals surface area contributed by atoms with Crippen LogP contribution in [0.5, 0.6) is 0 Å². The van der Waals surface area contributed by atoms with Crippen molar-refractivity contribution in [2.75, 3.05) is 0 Å². The van der Waals surface area contributed by atoms with Crippen LogP contribution >= 0.6 is 15.9 Å². The second-order valence-electron chi connectivity index (χ2n) is 4.82. The zero-order valence-corrected chi connectivity index (χ0v) is 10.0. The Kier molecular flexibility index (Phi) is 2.38. The Morgan fingerprint density at radius 3 is 1.92 bits per heavy atom. The van der Waals surface area contributed by atoms with Crippen LogP contribution in [0.1, 0.15) is 34.1 Å². The van der Waals surface area contributed by atoms with Gasteiger partial charge in [0.25, 0.3) is 0 Å². The van der Waals surface area contributed by atoms with Gasteiger partial charge in [0.05, 0.1) is 5.54 Å². The molecule has 0 saturated carbocycles. The van der Waals surface area contributed by atoms with E-state index in [2.05, 4.69) is 15.9 Å². The molecule has 13 heavy (non-hydrogen) atoms. The summed E-state index contributed by atoms with van der Waals surface area (Å²) in [6.07, 6.45) is 1.38. The number of aldehydes is 1. The minimum atomic E-state index is -0.717. The van der Waals surface area contributed by atoms with Crippen molar-refractivity contribution in [1.82, 2.24) is 5.06 Å². The third kappa shape index (κ3) is 1.35. The fraction of sp³-hybridized carbons (Fsp3) is 0.889. The summed E-state index contributed by atoms with van der Waals surface area (Å²) in [4.78, 5) is 11.0. The van der Waals surface area contributed by atoms with Crippen molar-refractivity contribution < 1.29 is 10.0 Å². The number of hydroxylamine groups is 2. The Balaban J connectivity index is 3.14. The Hall–Kier alpha value is 0.0700. The number of rotatable bonds is 1. The van der Waals surface area contributed by atoms with E-state index in [0.29, 0.717) is 6.42 Å². The maximum Gasteiger partial charge on any atom is 0.138 e. The van der Waals surface area contributed by atoms with Crippen molar-refractivity contribution >= 4 is 22.2 Å². The molecular formula is C9H15BrNO2. The molecule has 3 nitrogen and oxygen atoms in total. The quantitative estimate of drug-likeness (QED) is 0.526. The van der Waals surface area contributed by atoms with Gasteiger partial charge < -0.3 is 4.79 Å². The smallest absolute Gasteiger partial charge is 0.138 e. The fourth-order valence-corrected chi connectivity index (χ4v) is 2.88. The van der Waals surface area contributed by atoms with Crippen molar-refractivity contribution in [1.29, 1.82) is 0 Å². The van der Waals surface area contributed by atoms with Crippen LogP contribution in [0.25, 0.3) is 0 Å². The lowest BCUT2D eigenvalue weighted by Gasteiger charge is -2.35. The van der Waals surface area contributed by atoms with E-state index in [4.69, 9.17) is 0 Å². The van der Waals surface area contributed by atoms with E-state index in [1.807, 2.05) is 13.8 Å². The van der Waals surface area contributed by atoms with Gasteiger partial charge in [0.1, 0.15) is 10.6 Å². The molecule has 1 aliphatic rings. The van der Waals surface area contributed by atoms with Gasteiger partial charge in [0.2, 0.25) is 0 Å². The van der Waals surface area contributed by atoms with Crippen LogP contribution in [0.4, 0.5) is 0 Å². The van der Waals surface area contributed by atoms with E-state index < -0.39 is 15.4 Å². The lowest BCUT2D eigenvalue weighted by molar-refractivity contribution is -0.245. The molecule has 0 spiro atoms. The fourth-order valence-electron chi connectivity index (χ4n) is 2.03. The summed E-state index contributed by atoms with van der Waals surface area (Å²) in [5.41, 5.74) is -1.16. The maximum atomic E-state index is 11.9. The molecule has 1 unspecified atom stereocenters. The van der Waals surface area contributed by atoms with Gasteiger partial charge in [-0.1, -0.05) is 15.9 Å². The largest absolute Gasteiger partial charge is 0.302 e. The van der Waals surface area contributed by atoms with Crippen molar-refractivity contribution in [2.45, 2.75) is 49.5 Å². The molecule has 1 saturated heterocycles. The third-order valence-electron chi connectivity index (χ3n) is 2.95. The Labute approximate surface area is 87.2 Å². The highest BCUT2D eigenvalue weighted by Crippen LogP contribution is 2.50. The van der Waals surface area contributed by atoms with Crippen LogP contribution in [0, 0.1) is 0 Å². The molecule has 1 atom stereocenters. The molecule has 0 amide bonds. The molecular weight excluding hydrogens is 234 g/mol. The molecule has 0 bridgehead atoms. The molecule has 1 radical (unpaired) electrons. The van der Waals surface area contributed by atoms with Gasteiger partial charge in [-0.05, 0) is 34.1 Å². The molecule has 1 rings (SSSR count). The molecule has 1 fully saturated rings. The highest BCUT2D eigenvalue weighted by atomic mass is 79.9. The minimum absolute atomic E-state index is 0.478. The van der Waals surface area contributed by atoms with Crippen LogP contribution < -0.4 is 0 Å². The first-order valence-electron chi connectivity index (χ1n) is 4.30. The van der Waals surface area contributed by atoms with Crippen LogP contribution in [0.15, 0.2) is 0 Å². The minimum Gasteiger partial charge on any atom is -0.302 e. The topological polar surface area (TPSA) is 40.2 Å².